The molecule has 1 saturated carbocycles. The molecule has 0 bridgehead atoms. The summed E-state index contributed by atoms with van der Waals surface area (Å²) in [4.78, 5) is 0. The molecule has 0 aliphatic heterocycles. The van der Waals surface area contributed by atoms with E-state index in [1.54, 1.807) is 7.11 Å². The second-order valence-electron chi connectivity index (χ2n) is 4.46. The maximum Gasteiger partial charge on any atom is 0.162 e. The number of hydrogen-bond donors (Lipinski definition) is 1. The fourth-order valence-electron chi connectivity index (χ4n) is 1.95. The van der Waals surface area contributed by atoms with Gasteiger partial charge in [0.1, 0.15) is 18.0 Å². The predicted octanol–water partition coefficient (Wildman–Crippen LogP) is 1.47. The van der Waals surface area contributed by atoms with Gasteiger partial charge in [-0.1, -0.05) is 0 Å². The number of methoxy groups -OCH3 is 1. The number of benzene rings is 1. The van der Waals surface area contributed by atoms with E-state index in [1.807, 2.05) is 0 Å². The molecule has 0 radical (unpaired) electrons. The lowest BCUT2D eigenvalue weighted by Crippen LogP contribution is -2.59. The van der Waals surface area contributed by atoms with Gasteiger partial charge in [0.2, 0.25) is 0 Å². The van der Waals surface area contributed by atoms with Crippen molar-refractivity contribution < 1.29 is 23.0 Å². The van der Waals surface area contributed by atoms with E-state index < -0.39 is 11.6 Å². The molecule has 0 amide bonds. The molecule has 1 aliphatic carbocycles. The van der Waals surface area contributed by atoms with Crippen molar-refractivity contribution in [3.05, 3.63) is 29.8 Å². The maximum absolute atomic E-state index is 13.0. The molecule has 0 spiro atoms. The van der Waals surface area contributed by atoms with Crippen LogP contribution in [0.1, 0.15) is 6.42 Å². The Morgan fingerprint density at radius 3 is 2.68 bits per heavy atom. The van der Waals surface area contributed by atoms with E-state index >= 15 is 0 Å². The van der Waals surface area contributed by atoms with E-state index in [9.17, 15) is 8.78 Å². The average molecular weight is 273 g/mol. The Labute approximate surface area is 110 Å². The number of ether oxygens (including phenoxy) is 3. The minimum atomic E-state index is -0.932. The summed E-state index contributed by atoms with van der Waals surface area (Å²) in [6.45, 7) is 0.896. The Bertz CT molecular complexity index is 430. The lowest BCUT2D eigenvalue weighted by molar-refractivity contribution is -0.107. The normalized spacial score (nSPS) is 26.0. The number of hydrogen-bond acceptors (Lipinski definition) is 4. The van der Waals surface area contributed by atoms with Crippen LogP contribution in [-0.4, -0.2) is 38.6 Å². The Kier molecular flexibility index (Phi) is 4.68. The summed E-state index contributed by atoms with van der Waals surface area (Å²) in [5.74, 6) is -1.56. The molecule has 0 saturated heterocycles. The second kappa shape index (κ2) is 6.27. The molecule has 2 rings (SSSR count). The number of halogens is 2. The van der Waals surface area contributed by atoms with Crippen molar-refractivity contribution in [3.8, 4) is 5.75 Å². The molecule has 0 aromatic heterocycles. The van der Waals surface area contributed by atoms with Gasteiger partial charge >= 0.3 is 0 Å². The van der Waals surface area contributed by atoms with Crippen LogP contribution in [0.15, 0.2) is 18.2 Å². The van der Waals surface area contributed by atoms with Crippen molar-refractivity contribution in [2.24, 2.45) is 5.73 Å². The smallest absolute Gasteiger partial charge is 0.162 e. The summed E-state index contributed by atoms with van der Waals surface area (Å²) < 4.78 is 41.8. The van der Waals surface area contributed by atoms with Gasteiger partial charge in [-0.05, 0) is 12.1 Å². The van der Waals surface area contributed by atoms with Crippen LogP contribution < -0.4 is 10.5 Å². The van der Waals surface area contributed by atoms with Crippen molar-refractivity contribution in [2.45, 2.75) is 24.7 Å². The van der Waals surface area contributed by atoms with E-state index in [-0.39, 0.29) is 24.0 Å². The van der Waals surface area contributed by atoms with Gasteiger partial charge in [0.25, 0.3) is 0 Å². The molecule has 1 aromatic carbocycles. The largest absolute Gasteiger partial charge is 0.487 e. The molecule has 3 unspecified atom stereocenters. The maximum atomic E-state index is 13.0. The summed E-state index contributed by atoms with van der Waals surface area (Å²) >= 11 is 0. The zero-order valence-corrected chi connectivity index (χ0v) is 10.6. The third-order valence-corrected chi connectivity index (χ3v) is 3.07. The van der Waals surface area contributed by atoms with E-state index in [0.29, 0.717) is 19.6 Å². The van der Waals surface area contributed by atoms with Gasteiger partial charge in [0, 0.05) is 25.6 Å². The second-order valence-corrected chi connectivity index (χ2v) is 4.46. The molecule has 19 heavy (non-hydrogen) atoms. The molecule has 4 nitrogen and oxygen atoms in total. The van der Waals surface area contributed by atoms with Crippen LogP contribution in [-0.2, 0) is 9.47 Å². The van der Waals surface area contributed by atoms with Crippen molar-refractivity contribution >= 4 is 0 Å². The number of rotatable bonds is 6. The summed E-state index contributed by atoms with van der Waals surface area (Å²) in [5, 5.41) is 0. The minimum absolute atomic E-state index is 0.104. The first-order chi connectivity index (χ1) is 9.11. The van der Waals surface area contributed by atoms with E-state index in [0.717, 1.165) is 12.1 Å². The fraction of sp³-hybridized carbons (Fsp3) is 0.538. The summed E-state index contributed by atoms with van der Waals surface area (Å²) in [7, 11) is 1.58. The van der Waals surface area contributed by atoms with Gasteiger partial charge < -0.3 is 19.9 Å². The SMILES string of the molecule is COCCOC1C(N)CC1Oc1ccc(F)c(F)c1. The van der Waals surface area contributed by atoms with Gasteiger partial charge in [-0.15, -0.1) is 0 Å². The van der Waals surface area contributed by atoms with Crippen LogP contribution in [0.3, 0.4) is 0 Å². The van der Waals surface area contributed by atoms with Crippen molar-refractivity contribution in [1.29, 1.82) is 0 Å². The highest BCUT2D eigenvalue weighted by molar-refractivity contribution is 5.24. The Hall–Kier alpha value is -1.24. The third-order valence-electron chi connectivity index (χ3n) is 3.07. The van der Waals surface area contributed by atoms with Crippen LogP contribution in [0.25, 0.3) is 0 Å². The topological polar surface area (TPSA) is 53.7 Å². The third kappa shape index (κ3) is 3.40. The van der Waals surface area contributed by atoms with Gasteiger partial charge in [0.15, 0.2) is 11.6 Å². The van der Waals surface area contributed by atoms with Gasteiger partial charge in [-0.25, -0.2) is 8.78 Å². The highest BCUT2D eigenvalue weighted by atomic mass is 19.2. The Morgan fingerprint density at radius 1 is 1.26 bits per heavy atom. The van der Waals surface area contributed by atoms with Crippen molar-refractivity contribution in [1.82, 2.24) is 0 Å². The van der Waals surface area contributed by atoms with E-state index in [2.05, 4.69) is 0 Å². The Morgan fingerprint density at radius 2 is 2.05 bits per heavy atom. The zero-order chi connectivity index (χ0) is 13.8. The summed E-state index contributed by atoms with van der Waals surface area (Å²) in [6.07, 6.45) is 0.136. The van der Waals surface area contributed by atoms with Gasteiger partial charge in [-0.3, -0.25) is 0 Å². The lowest BCUT2D eigenvalue weighted by atomic mass is 9.86. The highest BCUT2D eigenvalue weighted by Gasteiger charge is 2.41. The van der Waals surface area contributed by atoms with E-state index in [1.165, 1.54) is 6.07 Å². The van der Waals surface area contributed by atoms with Crippen molar-refractivity contribution in [3.63, 3.8) is 0 Å². The molecule has 3 atom stereocenters. The molecular formula is C13H17F2NO3. The van der Waals surface area contributed by atoms with Crippen LogP contribution in [0.5, 0.6) is 5.75 Å². The highest BCUT2D eigenvalue weighted by Crippen LogP contribution is 2.28. The van der Waals surface area contributed by atoms with Crippen LogP contribution in [0, 0.1) is 11.6 Å². The standard InChI is InChI=1S/C13H17F2NO3/c1-17-4-5-18-13-11(16)7-12(13)19-8-2-3-9(14)10(15)6-8/h2-3,6,11-13H,4-5,7,16H2,1H3. The molecule has 1 fully saturated rings. The zero-order valence-electron chi connectivity index (χ0n) is 10.6. The average Bonchev–Trinajstić information content (AvgIpc) is 2.38. The predicted molar refractivity (Wildman–Crippen MR) is 65.0 cm³/mol. The van der Waals surface area contributed by atoms with Crippen LogP contribution in [0.2, 0.25) is 0 Å². The van der Waals surface area contributed by atoms with Gasteiger partial charge in [-0.2, -0.15) is 0 Å². The molecule has 1 aliphatic rings. The van der Waals surface area contributed by atoms with Gasteiger partial charge in [0.05, 0.1) is 13.2 Å². The molecule has 2 N–H and O–H groups in total. The minimum Gasteiger partial charge on any atom is -0.487 e. The molecule has 1 aromatic rings. The first-order valence-electron chi connectivity index (χ1n) is 6.09. The molecule has 0 heterocycles. The van der Waals surface area contributed by atoms with Crippen molar-refractivity contribution in [2.75, 3.05) is 20.3 Å². The van der Waals surface area contributed by atoms with E-state index in [4.69, 9.17) is 19.9 Å². The number of nitrogens with two attached hydrogens (primary N) is 1. The first-order valence-corrected chi connectivity index (χ1v) is 6.09. The fourth-order valence-corrected chi connectivity index (χ4v) is 1.95. The summed E-state index contributed by atoms with van der Waals surface area (Å²) in [6, 6.07) is 3.33. The quantitative estimate of drug-likeness (QED) is 0.798. The Balaban J connectivity index is 1.89. The summed E-state index contributed by atoms with van der Waals surface area (Å²) in [5.41, 5.74) is 5.82. The van der Waals surface area contributed by atoms with Crippen LogP contribution >= 0.6 is 0 Å². The first kappa shape index (κ1) is 14.2. The monoisotopic (exact) mass is 273 g/mol. The van der Waals surface area contributed by atoms with Crippen LogP contribution in [0.4, 0.5) is 8.78 Å². The molecule has 106 valence electrons. The molecular weight excluding hydrogens is 256 g/mol. The molecule has 6 heteroatoms. The lowest BCUT2D eigenvalue weighted by Gasteiger charge is -2.41.